The van der Waals surface area contributed by atoms with Gasteiger partial charge < -0.3 is 0 Å². The van der Waals surface area contributed by atoms with Gasteiger partial charge in [0.15, 0.2) is 0 Å². The molecule has 0 amide bonds. The second-order valence-corrected chi connectivity index (χ2v) is 5.32. The van der Waals surface area contributed by atoms with Crippen molar-refractivity contribution in [3.8, 4) is 11.1 Å². The molecule has 1 aromatic heterocycles. The molecule has 2 nitrogen and oxygen atoms in total. The van der Waals surface area contributed by atoms with E-state index in [9.17, 15) is 0 Å². The number of imidazole rings is 1. The fourth-order valence-corrected chi connectivity index (χ4v) is 2.67. The second kappa shape index (κ2) is 5.96. The van der Waals surface area contributed by atoms with Crippen molar-refractivity contribution in [2.24, 2.45) is 0 Å². The maximum absolute atomic E-state index is 2.29. The van der Waals surface area contributed by atoms with Gasteiger partial charge in [0.25, 0.3) is 5.82 Å². The van der Waals surface area contributed by atoms with Gasteiger partial charge in [0.2, 0.25) is 0 Å². The van der Waals surface area contributed by atoms with Crippen LogP contribution in [-0.2, 0) is 13.1 Å². The van der Waals surface area contributed by atoms with Crippen LogP contribution >= 0.6 is 0 Å². The molecular weight excluding hydrogens is 256 g/mol. The summed E-state index contributed by atoms with van der Waals surface area (Å²) < 4.78 is 4.55. The first-order valence-corrected chi connectivity index (χ1v) is 7.47. The fourth-order valence-electron chi connectivity index (χ4n) is 2.67. The van der Waals surface area contributed by atoms with Gasteiger partial charge in [-0.25, -0.2) is 9.13 Å². The molecule has 0 bridgehead atoms. The fraction of sp³-hybridized carbons (Fsp3) is 0.211. The van der Waals surface area contributed by atoms with Gasteiger partial charge in [0.05, 0.1) is 6.54 Å². The molecule has 3 rings (SSSR count). The highest BCUT2D eigenvalue weighted by Crippen LogP contribution is 2.19. The smallest absolute Gasteiger partial charge is 0.235 e. The van der Waals surface area contributed by atoms with Gasteiger partial charge in [0.1, 0.15) is 18.9 Å². The van der Waals surface area contributed by atoms with E-state index in [4.69, 9.17) is 0 Å². The average Bonchev–Trinajstić information content (AvgIpc) is 2.89. The average molecular weight is 277 g/mol. The minimum Gasteiger partial charge on any atom is -0.235 e. The topological polar surface area (TPSA) is 8.81 Å². The Labute approximate surface area is 126 Å². The molecule has 2 heteroatoms. The molecule has 106 valence electrons. The Kier molecular flexibility index (Phi) is 3.87. The van der Waals surface area contributed by atoms with Crippen LogP contribution in [0.25, 0.3) is 11.1 Å². The Morgan fingerprint density at radius 1 is 0.905 bits per heavy atom. The molecule has 21 heavy (non-hydrogen) atoms. The van der Waals surface area contributed by atoms with E-state index in [1.54, 1.807) is 0 Å². The lowest BCUT2D eigenvalue weighted by Gasteiger charge is -2.04. The van der Waals surface area contributed by atoms with E-state index < -0.39 is 0 Å². The van der Waals surface area contributed by atoms with Gasteiger partial charge in [-0.1, -0.05) is 54.6 Å². The highest BCUT2D eigenvalue weighted by atomic mass is 15.1. The Morgan fingerprint density at radius 3 is 2.19 bits per heavy atom. The van der Waals surface area contributed by atoms with E-state index in [2.05, 4.69) is 90.0 Å². The third kappa shape index (κ3) is 2.89. The van der Waals surface area contributed by atoms with E-state index in [1.807, 2.05) is 0 Å². The van der Waals surface area contributed by atoms with E-state index in [0.29, 0.717) is 0 Å². The van der Waals surface area contributed by atoms with E-state index >= 15 is 0 Å². The highest BCUT2D eigenvalue weighted by Gasteiger charge is 2.10. The zero-order valence-corrected chi connectivity index (χ0v) is 12.7. The zero-order valence-electron chi connectivity index (χ0n) is 12.7. The van der Waals surface area contributed by atoms with Crippen LogP contribution in [0.15, 0.2) is 67.0 Å². The Hall–Kier alpha value is -2.35. The normalized spacial score (nSPS) is 10.8. The molecule has 0 saturated carbocycles. The van der Waals surface area contributed by atoms with E-state index in [0.717, 1.165) is 13.1 Å². The molecule has 3 aromatic rings. The van der Waals surface area contributed by atoms with Crippen LogP contribution in [0.1, 0.15) is 18.3 Å². The van der Waals surface area contributed by atoms with Crippen LogP contribution in [0.5, 0.6) is 0 Å². The van der Waals surface area contributed by atoms with Crippen molar-refractivity contribution in [2.45, 2.75) is 26.9 Å². The van der Waals surface area contributed by atoms with Crippen molar-refractivity contribution in [1.82, 2.24) is 4.57 Å². The molecule has 2 aromatic carbocycles. The Bertz CT molecular complexity index is 709. The van der Waals surface area contributed by atoms with Gasteiger partial charge in [-0.2, -0.15) is 0 Å². The standard InChI is InChI=1S/C19H21N2/c1-3-20-13-14-21(16(20)2)15-17-9-11-19(12-10-17)18-7-5-4-6-8-18/h4-14H,3,15H2,1-2H3/q+1. The molecule has 0 spiro atoms. The number of aromatic nitrogens is 2. The van der Waals surface area contributed by atoms with Gasteiger partial charge in [-0.15, -0.1) is 0 Å². The van der Waals surface area contributed by atoms with Crippen LogP contribution in [0, 0.1) is 6.92 Å². The summed E-state index contributed by atoms with van der Waals surface area (Å²) in [6.07, 6.45) is 4.30. The van der Waals surface area contributed by atoms with E-state index in [-0.39, 0.29) is 0 Å². The summed E-state index contributed by atoms with van der Waals surface area (Å²) in [6.45, 7) is 6.29. The molecular formula is C19H21N2+. The number of aryl methyl sites for hydroxylation is 1. The van der Waals surface area contributed by atoms with Crippen molar-refractivity contribution in [1.29, 1.82) is 0 Å². The predicted octanol–water partition coefficient (Wildman–Crippen LogP) is 3.82. The Morgan fingerprint density at radius 2 is 1.57 bits per heavy atom. The zero-order chi connectivity index (χ0) is 14.7. The summed E-state index contributed by atoms with van der Waals surface area (Å²) in [4.78, 5) is 0. The molecule has 0 fully saturated rings. The van der Waals surface area contributed by atoms with Crippen LogP contribution in [0.2, 0.25) is 0 Å². The van der Waals surface area contributed by atoms with E-state index in [1.165, 1.54) is 22.5 Å². The third-order valence-electron chi connectivity index (χ3n) is 4.01. The van der Waals surface area contributed by atoms with Crippen molar-refractivity contribution < 1.29 is 4.57 Å². The molecule has 1 heterocycles. The second-order valence-electron chi connectivity index (χ2n) is 5.32. The summed E-state index contributed by atoms with van der Waals surface area (Å²) >= 11 is 0. The maximum atomic E-state index is 2.29. The first-order valence-electron chi connectivity index (χ1n) is 7.47. The first-order chi connectivity index (χ1) is 10.3. The molecule has 0 atom stereocenters. The number of benzene rings is 2. The predicted molar refractivity (Wildman–Crippen MR) is 86.0 cm³/mol. The van der Waals surface area contributed by atoms with Gasteiger partial charge in [-0.3, -0.25) is 0 Å². The van der Waals surface area contributed by atoms with Crippen LogP contribution in [0.3, 0.4) is 0 Å². The van der Waals surface area contributed by atoms with Crippen molar-refractivity contribution in [3.05, 3.63) is 78.4 Å². The lowest BCUT2D eigenvalue weighted by Crippen LogP contribution is -2.36. The highest BCUT2D eigenvalue weighted by molar-refractivity contribution is 5.63. The number of hydrogen-bond donors (Lipinski definition) is 0. The molecule has 0 radical (unpaired) electrons. The van der Waals surface area contributed by atoms with Crippen molar-refractivity contribution in [3.63, 3.8) is 0 Å². The molecule has 0 saturated heterocycles. The number of nitrogens with zero attached hydrogens (tertiary/aromatic N) is 2. The van der Waals surface area contributed by atoms with Crippen molar-refractivity contribution >= 4 is 0 Å². The van der Waals surface area contributed by atoms with Crippen LogP contribution < -0.4 is 4.57 Å². The summed E-state index contributed by atoms with van der Waals surface area (Å²) in [5.74, 6) is 1.30. The third-order valence-corrected chi connectivity index (χ3v) is 4.01. The largest absolute Gasteiger partial charge is 0.253 e. The lowest BCUT2D eigenvalue weighted by molar-refractivity contribution is -0.694. The summed E-state index contributed by atoms with van der Waals surface area (Å²) in [5.41, 5.74) is 3.87. The van der Waals surface area contributed by atoms with Gasteiger partial charge in [0, 0.05) is 6.92 Å². The first kappa shape index (κ1) is 13.6. The SMILES string of the molecule is CCn1cc[n+](Cc2ccc(-c3ccccc3)cc2)c1C. The van der Waals surface area contributed by atoms with Gasteiger partial charge in [-0.05, 0) is 23.6 Å². The molecule has 0 aliphatic rings. The molecule has 0 N–H and O–H groups in total. The minimum absolute atomic E-state index is 0.925. The monoisotopic (exact) mass is 277 g/mol. The quantitative estimate of drug-likeness (QED) is 0.641. The number of hydrogen-bond acceptors (Lipinski definition) is 0. The Balaban J connectivity index is 1.80. The lowest BCUT2D eigenvalue weighted by atomic mass is 10.0. The maximum Gasteiger partial charge on any atom is 0.253 e. The summed E-state index contributed by atoms with van der Waals surface area (Å²) in [6, 6.07) is 19.4. The number of rotatable bonds is 4. The molecule has 0 unspecified atom stereocenters. The van der Waals surface area contributed by atoms with Gasteiger partial charge >= 0.3 is 0 Å². The summed E-state index contributed by atoms with van der Waals surface area (Å²) in [7, 11) is 0. The van der Waals surface area contributed by atoms with Crippen LogP contribution in [0.4, 0.5) is 0 Å². The van der Waals surface area contributed by atoms with Crippen LogP contribution in [-0.4, -0.2) is 4.57 Å². The van der Waals surface area contributed by atoms with Crippen molar-refractivity contribution in [2.75, 3.05) is 0 Å². The minimum atomic E-state index is 0.925. The molecule has 0 aliphatic heterocycles. The summed E-state index contributed by atoms with van der Waals surface area (Å²) in [5, 5.41) is 0. The molecule has 0 aliphatic carbocycles.